The van der Waals surface area contributed by atoms with E-state index in [9.17, 15) is 4.79 Å². The molecular weight excluding hydrogens is 426 g/mol. The molecule has 7 heteroatoms. The monoisotopic (exact) mass is 447 g/mol. The number of ether oxygens (including phenoxy) is 1. The van der Waals surface area contributed by atoms with Gasteiger partial charge in [0.15, 0.2) is 5.13 Å². The van der Waals surface area contributed by atoms with Crippen molar-refractivity contribution in [1.82, 2.24) is 9.88 Å². The predicted octanol–water partition coefficient (Wildman–Crippen LogP) is 4.67. The average molecular weight is 448 g/mol. The van der Waals surface area contributed by atoms with Crippen molar-refractivity contribution in [2.45, 2.75) is 6.92 Å². The van der Waals surface area contributed by atoms with E-state index in [1.807, 2.05) is 63.5 Å². The number of halogens is 1. The Bertz CT molecular complexity index is 925. The molecule has 27 heavy (non-hydrogen) atoms. The molecule has 3 aromatic rings. The third kappa shape index (κ3) is 4.86. The lowest BCUT2D eigenvalue weighted by atomic mass is 10.2. The van der Waals surface area contributed by atoms with Crippen molar-refractivity contribution in [2.24, 2.45) is 0 Å². The summed E-state index contributed by atoms with van der Waals surface area (Å²) in [4.78, 5) is 21.7. The van der Waals surface area contributed by atoms with Crippen LogP contribution in [0, 0.1) is 0 Å². The van der Waals surface area contributed by atoms with Crippen LogP contribution in [0.5, 0.6) is 5.75 Å². The van der Waals surface area contributed by atoms with Crippen molar-refractivity contribution in [1.29, 1.82) is 0 Å². The van der Waals surface area contributed by atoms with E-state index in [1.54, 1.807) is 4.90 Å². The van der Waals surface area contributed by atoms with E-state index >= 15 is 0 Å². The molecule has 5 nitrogen and oxygen atoms in total. The lowest BCUT2D eigenvalue weighted by molar-refractivity contribution is 0.0985. The number of carbonyl (C=O) groups is 1. The fourth-order valence-corrected chi connectivity index (χ4v) is 3.88. The first-order valence-electron chi connectivity index (χ1n) is 8.73. The van der Waals surface area contributed by atoms with E-state index in [4.69, 9.17) is 9.72 Å². The normalized spacial score (nSPS) is 11.1. The third-order valence-corrected chi connectivity index (χ3v) is 5.57. The molecule has 1 heterocycles. The molecule has 0 N–H and O–H groups in total. The molecule has 1 aromatic heterocycles. The fourth-order valence-electron chi connectivity index (χ4n) is 2.60. The maximum Gasteiger partial charge on any atom is 0.260 e. The maximum atomic E-state index is 13.1. The van der Waals surface area contributed by atoms with Gasteiger partial charge in [0.1, 0.15) is 5.75 Å². The minimum absolute atomic E-state index is 0.0477. The van der Waals surface area contributed by atoms with Crippen LogP contribution in [-0.2, 0) is 0 Å². The summed E-state index contributed by atoms with van der Waals surface area (Å²) in [5.74, 6) is 0.771. The molecular formula is C20H22BrN3O2S. The van der Waals surface area contributed by atoms with E-state index in [-0.39, 0.29) is 5.91 Å². The molecule has 0 saturated carbocycles. The summed E-state index contributed by atoms with van der Waals surface area (Å²) in [6.07, 6.45) is 0. The number of rotatable bonds is 7. The summed E-state index contributed by atoms with van der Waals surface area (Å²) in [6.45, 7) is 3.90. The second kappa shape index (κ2) is 8.82. The molecule has 0 radical (unpaired) electrons. The quantitative estimate of drug-likeness (QED) is 0.527. The van der Waals surface area contributed by atoms with Gasteiger partial charge in [0, 0.05) is 23.1 Å². The van der Waals surface area contributed by atoms with Crippen LogP contribution in [0.1, 0.15) is 17.3 Å². The van der Waals surface area contributed by atoms with Crippen LogP contribution in [-0.4, -0.2) is 49.6 Å². The number of thiazole rings is 1. The Kier molecular flexibility index (Phi) is 6.46. The number of hydrogen-bond donors (Lipinski definition) is 0. The van der Waals surface area contributed by atoms with Crippen molar-refractivity contribution in [2.75, 3.05) is 38.7 Å². The molecule has 0 fully saturated rings. The zero-order valence-corrected chi connectivity index (χ0v) is 18.0. The number of aromatic nitrogens is 1. The zero-order chi connectivity index (χ0) is 19.4. The molecule has 2 aromatic carbocycles. The number of anilines is 1. The second-order valence-corrected chi connectivity index (χ2v) is 8.25. The van der Waals surface area contributed by atoms with Crippen LogP contribution in [0.4, 0.5) is 5.13 Å². The Morgan fingerprint density at radius 3 is 2.56 bits per heavy atom. The summed E-state index contributed by atoms with van der Waals surface area (Å²) in [6, 6.07) is 13.2. The molecule has 0 unspecified atom stereocenters. The smallest absolute Gasteiger partial charge is 0.260 e. The van der Waals surface area contributed by atoms with Crippen molar-refractivity contribution >= 4 is 48.5 Å². The van der Waals surface area contributed by atoms with Crippen LogP contribution in [0.2, 0.25) is 0 Å². The number of carbonyl (C=O) groups excluding carboxylic acids is 1. The SMILES string of the molecule is CCOc1ccc2nc(N(CCN(C)C)C(=O)c3ccc(Br)cc3)sc2c1. The van der Waals surface area contributed by atoms with Crippen LogP contribution in [0.15, 0.2) is 46.9 Å². The van der Waals surface area contributed by atoms with E-state index in [0.717, 1.165) is 27.0 Å². The van der Waals surface area contributed by atoms with Gasteiger partial charge in [0.2, 0.25) is 0 Å². The van der Waals surface area contributed by atoms with Gasteiger partial charge in [0.25, 0.3) is 5.91 Å². The van der Waals surface area contributed by atoms with Crippen LogP contribution in [0.25, 0.3) is 10.2 Å². The van der Waals surface area contributed by atoms with Gasteiger partial charge in [-0.05, 0) is 63.5 Å². The largest absolute Gasteiger partial charge is 0.494 e. The molecule has 0 bridgehead atoms. The van der Waals surface area contributed by atoms with Gasteiger partial charge in [-0.15, -0.1) is 0 Å². The van der Waals surface area contributed by atoms with Crippen LogP contribution < -0.4 is 9.64 Å². The van der Waals surface area contributed by atoms with Crippen molar-refractivity contribution < 1.29 is 9.53 Å². The van der Waals surface area contributed by atoms with Gasteiger partial charge in [-0.1, -0.05) is 27.3 Å². The first-order valence-corrected chi connectivity index (χ1v) is 10.3. The molecule has 0 atom stereocenters. The van der Waals surface area contributed by atoms with Gasteiger partial charge in [-0.2, -0.15) is 0 Å². The highest BCUT2D eigenvalue weighted by Gasteiger charge is 2.21. The second-order valence-electron chi connectivity index (χ2n) is 6.33. The summed E-state index contributed by atoms with van der Waals surface area (Å²) >= 11 is 4.92. The Morgan fingerprint density at radius 1 is 1.15 bits per heavy atom. The van der Waals surface area contributed by atoms with Crippen LogP contribution in [0.3, 0.4) is 0 Å². The number of nitrogens with zero attached hydrogens (tertiary/aromatic N) is 3. The minimum Gasteiger partial charge on any atom is -0.494 e. The number of fused-ring (bicyclic) bond motifs is 1. The van der Waals surface area contributed by atoms with Gasteiger partial charge in [-0.25, -0.2) is 4.98 Å². The molecule has 0 aliphatic rings. The molecule has 0 aliphatic heterocycles. The molecule has 1 amide bonds. The fraction of sp³-hybridized carbons (Fsp3) is 0.300. The third-order valence-electron chi connectivity index (χ3n) is 4.00. The van der Waals surface area contributed by atoms with Crippen molar-refractivity contribution in [3.05, 3.63) is 52.5 Å². The number of likely N-dealkylation sites (N-methyl/N-ethyl adjacent to an activating group) is 1. The molecule has 142 valence electrons. The van der Waals surface area contributed by atoms with Gasteiger partial charge in [0.05, 0.1) is 16.8 Å². The Hall–Kier alpha value is -1.96. The summed E-state index contributed by atoms with van der Waals surface area (Å²) < 4.78 is 7.53. The highest BCUT2D eigenvalue weighted by Crippen LogP contribution is 2.32. The first kappa shape index (κ1) is 19.8. The lowest BCUT2D eigenvalue weighted by Crippen LogP contribution is -2.36. The Labute approximate surface area is 171 Å². The standard InChI is InChI=1S/C20H22BrN3O2S/c1-4-26-16-9-10-17-18(13-16)27-20(22-17)24(12-11-23(2)3)19(25)14-5-7-15(21)8-6-14/h5-10,13H,4,11-12H2,1-3H3. The number of benzene rings is 2. The first-order chi connectivity index (χ1) is 13.0. The molecule has 0 saturated heterocycles. The lowest BCUT2D eigenvalue weighted by Gasteiger charge is -2.22. The van der Waals surface area contributed by atoms with Gasteiger partial charge >= 0.3 is 0 Å². The molecule has 0 aliphatic carbocycles. The number of hydrogen-bond acceptors (Lipinski definition) is 5. The van der Waals surface area contributed by atoms with Gasteiger partial charge < -0.3 is 9.64 Å². The maximum absolute atomic E-state index is 13.1. The van der Waals surface area contributed by atoms with E-state index < -0.39 is 0 Å². The van der Waals surface area contributed by atoms with Gasteiger partial charge in [-0.3, -0.25) is 9.69 Å². The Balaban J connectivity index is 1.95. The minimum atomic E-state index is -0.0477. The highest BCUT2D eigenvalue weighted by atomic mass is 79.9. The van der Waals surface area contributed by atoms with Crippen molar-refractivity contribution in [3.8, 4) is 5.75 Å². The predicted molar refractivity (Wildman–Crippen MR) is 115 cm³/mol. The molecule has 3 rings (SSSR count). The van der Waals surface area contributed by atoms with E-state index in [0.29, 0.717) is 23.8 Å². The summed E-state index contributed by atoms with van der Waals surface area (Å²) in [7, 11) is 3.99. The average Bonchev–Trinajstić information content (AvgIpc) is 3.05. The van der Waals surface area contributed by atoms with E-state index in [2.05, 4.69) is 20.8 Å². The topological polar surface area (TPSA) is 45.7 Å². The number of amides is 1. The van der Waals surface area contributed by atoms with E-state index in [1.165, 1.54) is 11.3 Å². The molecule has 0 spiro atoms. The summed E-state index contributed by atoms with van der Waals surface area (Å²) in [5, 5.41) is 0.702. The highest BCUT2D eigenvalue weighted by molar-refractivity contribution is 9.10. The zero-order valence-electron chi connectivity index (χ0n) is 15.6. The van der Waals surface area contributed by atoms with Crippen LogP contribution >= 0.6 is 27.3 Å². The Morgan fingerprint density at radius 2 is 1.89 bits per heavy atom. The van der Waals surface area contributed by atoms with Crippen molar-refractivity contribution in [3.63, 3.8) is 0 Å². The summed E-state index contributed by atoms with van der Waals surface area (Å²) in [5.41, 5.74) is 1.52.